The summed E-state index contributed by atoms with van der Waals surface area (Å²) in [5, 5.41) is 13.2. The minimum atomic E-state index is 0.128. The maximum atomic E-state index is 9.81. The quantitative estimate of drug-likeness (QED) is 0.435. The van der Waals surface area contributed by atoms with Crippen LogP contribution in [-0.4, -0.2) is 77.3 Å². The van der Waals surface area contributed by atoms with Crippen LogP contribution in [0.25, 0.3) is 33.8 Å². The van der Waals surface area contributed by atoms with E-state index in [1.807, 2.05) is 18.2 Å². The van der Waals surface area contributed by atoms with Gasteiger partial charge >= 0.3 is 0 Å². The lowest BCUT2D eigenvalue weighted by molar-refractivity contribution is 0.162. The van der Waals surface area contributed by atoms with E-state index in [1.165, 1.54) is 12.0 Å². The zero-order valence-electron chi connectivity index (χ0n) is 20.9. The third-order valence-electron chi connectivity index (χ3n) is 7.25. The number of nitriles is 1. The van der Waals surface area contributed by atoms with Gasteiger partial charge in [0.05, 0.1) is 11.3 Å². The number of hydrogen-bond acceptors (Lipinski definition) is 8. The van der Waals surface area contributed by atoms with Crippen LogP contribution >= 0.6 is 0 Å². The van der Waals surface area contributed by atoms with E-state index in [2.05, 4.69) is 67.5 Å². The second kappa shape index (κ2) is 10.2. The van der Waals surface area contributed by atoms with Gasteiger partial charge in [0.1, 0.15) is 35.6 Å². The van der Waals surface area contributed by atoms with Crippen LogP contribution in [0.1, 0.15) is 18.4 Å². The number of piperidine rings is 1. The van der Waals surface area contributed by atoms with Crippen LogP contribution in [-0.2, 0) is 0 Å². The predicted octanol–water partition coefficient (Wildman–Crippen LogP) is 3.44. The lowest BCUT2D eigenvalue weighted by Crippen LogP contribution is -2.44. The molecule has 2 aliphatic rings. The molecule has 2 aromatic heterocycles. The van der Waals surface area contributed by atoms with Crippen molar-refractivity contribution in [1.29, 1.82) is 5.26 Å². The van der Waals surface area contributed by atoms with E-state index < -0.39 is 0 Å². The van der Waals surface area contributed by atoms with Crippen molar-refractivity contribution in [2.75, 3.05) is 51.2 Å². The zero-order valence-corrected chi connectivity index (χ0v) is 20.9. The maximum absolute atomic E-state index is 9.81. The van der Waals surface area contributed by atoms with Gasteiger partial charge in [0.2, 0.25) is 0 Å². The minimum absolute atomic E-state index is 0.128. The van der Waals surface area contributed by atoms with Crippen molar-refractivity contribution in [2.45, 2.75) is 18.9 Å². The summed E-state index contributed by atoms with van der Waals surface area (Å²) in [5.41, 5.74) is 5.59. The molecule has 0 aliphatic carbocycles. The Balaban J connectivity index is 1.27. The van der Waals surface area contributed by atoms with Gasteiger partial charge in [0.25, 0.3) is 0 Å². The molecule has 2 saturated heterocycles. The first-order chi connectivity index (χ1) is 18.2. The fraction of sp³-hybridized carbons (Fsp3) is 0.357. The molecule has 2 N–H and O–H groups in total. The third kappa shape index (κ3) is 4.86. The molecule has 0 atom stereocenters. The molecular weight excluding hydrogens is 464 g/mol. The molecule has 9 nitrogen and oxygen atoms in total. The minimum Gasteiger partial charge on any atom is -0.489 e. The fourth-order valence-corrected chi connectivity index (χ4v) is 5.04. The summed E-state index contributed by atoms with van der Waals surface area (Å²) in [4.78, 5) is 21.8. The highest BCUT2D eigenvalue weighted by atomic mass is 16.5. The van der Waals surface area contributed by atoms with Crippen molar-refractivity contribution in [3.63, 3.8) is 0 Å². The molecule has 9 heteroatoms. The molecule has 0 unspecified atom stereocenters. The number of fused-ring (bicyclic) bond motifs is 1. The van der Waals surface area contributed by atoms with Crippen molar-refractivity contribution in [1.82, 2.24) is 30.2 Å². The Labute approximate surface area is 216 Å². The molecule has 0 bridgehead atoms. The van der Waals surface area contributed by atoms with Crippen molar-refractivity contribution < 1.29 is 4.74 Å². The molecule has 0 spiro atoms. The number of nitrogens with zero attached hydrogens (tertiary/aromatic N) is 6. The zero-order chi connectivity index (χ0) is 25.2. The van der Waals surface area contributed by atoms with Gasteiger partial charge in [-0.25, -0.2) is 15.0 Å². The normalized spacial score (nSPS) is 17.1. The van der Waals surface area contributed by atoms with Crippen LogP contribution in [0.5, 0.6) is 5.75 Å². The highest BCUT2D eigenvalue weighted by Gasteiger charge is 2.19. The number of likely N-dealkylation sites (N-methyl/N-ethyl adjacent to an activating group) is 1. The second-order valence-electron chi connectivity index (χ2n) is 9.73. The lowest BCUT2D eigenvalue weighted by atomic mass is 10.1. The summed E-state index contributed by atoms with van der Waals surface area (Å²) in [5.74, 6) is 1.36. The summed E-state index contributed by atoms with van der Waals surface area (Å²) in [6, 6.07) is 16.5. The SMILES string of the molecule is CN1CCN(c2ccc(-c3nc4ncnc(-c5ccc(OC6CCNCC6)c(C#N)c5)c4[nH]3)cc2)CC1. The van der Waals surface area contributed by atoms with Gasteiger partial charge in [-0.15, -0.1) is 0 Å². The van der Waals surface area contributed by atoms with E-state index >= 15 is 0 Å². The number of H-pyrrole nitrogens is 1. The van der Waals surface area contributed by atoms with Crippen molar-refractivity contribution in [3.8, 4) is 34.5 Å². The van der Waals surface area contributed by atoms with E-state index in [-0.39, 0.29) is 6.10 Å². The van der Waals surface area contributed by atoms with Crippen molar-refractivity contribution in [3.05, 3.63) is 54.4 Å². The fourth-order valence-electron chi connectivity index (χ4n) is 5.04. The van der Waals surface area contributed by atoms with Gasteiger partial charge in [-0.05, 0) is 75.4 Å². The van der Waals surface area contributed by atoms with Gasteiger partial charge in [0.15, 0.2) is 5.65 Å². The Hall–Kier alpha value is -4.00. The summed E-state index contributed by atoms with van der Waals surface area (Å²) < 4.78 is 6.16. The van der Waals surface area contributed by atoms with E-state index in [9.17, 15) is 5.26 Å². The van der Waals surface area contributed by atoms with Crippen LogP contribution in [0.3, 0.4) is 0 Å². The molecule has 2 aromatic carbocycles. The first-order valence-electron chi connectivity index (χ1n) is 12.8. The van der Waals surface area contributed by atoms with Crippen molar-refractivity contribution >= 4 is 16.9 Å². The van der Waals surface area contributed by atoms with Gasteiger partial charge in [-0.3, -0.25) is 0 Å². The Morgan fingerprint density at radius 1 is 0.973 bits per heavy atom. The number of ether oxygens (including phenoxy) is 1. The monoisotopic (exact) mass is 494 g/mol. The summed E-state index contributed by atoms with van der Waals surface area (Å²) >= 11 is 0. The number of aromatic amines is 1. The Kier molecular flexibility index (Phi) is 6.43. The highest BCUT2D eigenvalue weighted by Crippen LogP contribution is 2.31. The Morgan fingerprint density at radius 3 is 2.49 bits per heavy atom. The smallest absolute Gasteiger partial charge is 0.181 e. The number of hydrogen-bond donors (Lipinski definition) is 2. The maximum Gasteiger partial charge on any atom is 0.181 e. The molecular formula is C28H30N8O. The number of piperazine rings is 1. The van der Waals surface area contributed by atoms with Crippen molar-refractivity contribution in [2.24, 2.45) is 0 Å². The number of anilines is 1. The van der Waals surface area contributed by atoms with E-state index in [0.29, 0.717) is 22.7 Å². The molecule has 6 rings (SSSR count). The molecule has 4 heterocycles. The number of rotatable bonds is 5. The molecule has 0 radical (unpaired) electrons. The van der Waals surface area contributed by atoms with Crippen LogP contribution in [0.4, 0.5) is 5.69 Å². The first kappa shape index (κ1) is 23.4. The molecule has 188 valence electrons. The predicted molar refractivity (Wildman–Crippen MR) is 144 cm³/mol. The molecule has 2 fully saturated rings. The molecule has 2 aliphatic heterocycles. The summed E-state index contributed by atoms with van der Waals surface area (Å²) in [7, 11) is 2.16. The average molecular weight is 495 g/mol. The van der Waals surface area contributed by atoms with Crippen LogP contribution in [0.15, 0.2) is 48.8 Å². The van der Waals surface area contributed by atoms with Gasteiger partial charge in [-0.2, -0.15) is 5.26 Å². The first-order valence-corrected chi connectivity index (χ1v) is 12.8. The van der Waals surface area contributed by atoms with Crippen LogP contribution < -0.4 is 15.0 Å². The number of imidazole rings is 1. The Bertz CT molecular complexity index is 1430. The molecule has 4 aromatic rings. The lowest BCUT2D eigenvalue weighted by Gasteiger charge is -2.34. The van der Waals surface area contributed by atoms with Gasteiger partial charge in [0, 0.05) is 43.0 Å². The molecule has 0 amide bonds. The molecule has 0 saturated carbocycles. The van der Waals surface area contributed by atoms with Crippen LogP contribution in [0.2, 0.25) is 0 Å². The number of benzene rings is 2. The molecule has 37 heavy (non-hydrogen) atoms. The average Bonchev–Trinajstić information content (AvgIpc) is 3.39. The summed E-state index contributed by atoms with van der Waals surface area (Å²) in [6.45, 7) is 6.09. The van der Waals surface area contributed by atoms with Crippen LogP contribution in [0, 0.1) is 11.3 Å². The summed E-state index contributed by atoms with van der Waals surface area (Å²) in [6.07, 6.45) is 3.52. The van der Waals surface area contributed by atoms with E-state index in [0.717, 1.165) is 74.6 Å². The van der Waals surface area contributed by atoms with E-state index in [4.69, 9.17) is 9.72 Å². The Morgan fingerprint density at radius 2 is 1.73 bits per heavy atom. The topological polar surface area (TPSA) is 106 Å². The van der Waals surface area contributed by atoms with E-state index in [1.54, 1.807) is 0 Å². The number of nitrogens with one attached hydrogen (secondary N) is 2. The second-order valence-corrected chi connectivity index (χ2v) is 9.73. The third-order valence-corrected chi connectivity index (χ3v) is 7.25. The van der Waals surface area contributed by atoms with Gasteiger partial charge in [-0.1, -0.05) is 0 Å². The number of aromatic nitrogens is 4. The standard InChI is InChI=1S/C28H30N8O/c1-35-12-14-36(15-13-35)22-5-2-19(3-6-22)27-33-26-25(31-18-32-28(26)34-27)20-4-7-24(21(16-20)17-29)37-23-8-10-30-11-9-23/h2-7,16,18,23,30H,8-15H2,1H3,(H,31,32,33,34). The highest BCUT2D eigenvalue weighted by molar-refractivity contribution is 5.89. The largest absolute Gasteiger partial charge is 0.489 e. The van der Waals surface area contributed by atoms with Gasteiger partial charge < -0.3 is 24.8 Å².